The molecular formula is C15H22N2O2S2. The Morgan fingerprint density at radius 1 is 1.29 bits per heavy atom. The Labute approximate surface area is 130 Å². The predicted octanol–water partition coefficient (Wildman–Crippen LogP) is 2.90. The van der Waals surface area contributed by atoms with E-state index in [9.17, 15) is 8.42 Å². The van der Waals surface area contributed by atoms with Crippen LogP contribution in [0.15, 0.2) is 29.2 Å². The normalized spacial score (nSPS) is 12.7. The fraction of sp³-hybridized carbons (Fsp3) is 0.467. The molecule has 0 radical (unpaired) electrons. The van der Waals surface area contributed by atoms with E-state index in [0.29, 0.717) is 23.9 Å². The van der Waals surface area contributed by atoms with Gasteiger partial charge < -0.3 is 5.32 Å². The van der Waals surface area contributed by atoms with Crippen molar-refractivity contribution < 1.29 is 8.42 Å². The van der Waals surface area contributed by atoms with Gasteiger partial charge >= 0.3 is 0 Å². The number of benzene rings is 1. The summed E-state index contributed by atoms with van der Waals surface area (Å²) in [5.74, 6) is 0.294. The highest BCUT2D eigenvalue weighted by Gasteiger charge is 2.28. The smallest absolute Gasteiger partial charge is 0.244 e. The maximum atomic E-state index is 12.9. The third-order valence-electron chi connectivity index (χ3n) is 3.25. The van der Waals surface area contributed by atoms with Crippen LogP contribution in [0.3, 0.4) is 0 Å². The van der Waals surface area contributed by atoms with E-state index in [-0.39, 0.29) is 0 Å². The van der Waals surface area contributed by atoms with Crippen molar-refractivity contribution in [3.05, 3.63) is 29.1 Å². The second-order valence-electron chi connectivity index (χ2n) is 5.56. The number of fused-ring (bicyclic) bond motifs is 1. The average molecular weight is 326 g/mol. The third-order valence-corrected chi connectivity index (χ3v) is 6.50. The van der Waals surface area contributed by atoms with E-state index in [0.717, 1.165) is 15.0 Å². The first kappa shape index (κ1) is 16.4. The van der Waals surface area contributed by atoms with E-state index >= 15 is 0 Å². The van der Waals surface area contributed by atoms with Crippen LogP contribution in [0.1, 0.15) is 18.7 Å². The fourth-order valence-electron chi connectivity index (χ4n) is 2.40. The molecule has 2 rings (SSSR count). The monoisotopic (exact) mass is 326 g/mol. The van der Waals surface area contributed by atoms with E-state index in [1.807, 2.05) is 45.2 Å². The second kappa shape index (κ2) is 6.44. The van der Waals surface area contributed by atoms with Gasteiger partial charge in [-0.25, -0.2) is 12.7 Å². The van der Waals surface area contributed by atoms with Gasteiger partial charge in [0.15, 0.2) is 0 Å². The Bertz CT molecular complexity index is 720. The number of hydrogen-bond acceptors (Lipinski definition) is 4. The van der Waals surface area contributed by atoms with Crippen molar-refractivity contribution in [3.63, 3.8) is 0 Å². The number of sulfonamides is 1. The Morgan fingerprint density at radius 2 is 1.95 bits per heavy atom. The lowest BCUT2D eigenvalue weighted by Gasteiger charge is -2.19. The number of thiophene rings is 1. The summed E-state index contributed by atoms with van der Waals surface area (Å²) in [7, 11) is 0.0232. The molecule has 0 unspecified atom stereocenters. The summed E-state index contributed by atoms with van der Waals surface area (Å²) in [6, 6.07) is 7.69. The summed E-state index contributed by atoms with van der Waals surface area (Å²) in [6.07, 6.45) is 0. The molecule has 0 spiro atoms. The molecule has 0 saturated heterocycles. The molecule has 0 fully saturated rings. The Kier molecular flexibility index (Phi) is 5.03. The van der Waals surface area contributed by atoms with Gasteiger partial charge in [0.2, 0.25) is 10.0 Å². The Hall–Kier alpha value is -0.950. The van der Waals surface area contributed by atoms with Crippen LogP contribution in [0.25, 0.3) is 10.1 Å². The molecule has 116 valence electrons. The molecule has 0 atom stereocenters. The predicted molar refractivity (Wildman–Crippen MR) is 89.2 cm³/mol. The summed E-state index contributed by atoms with van der Waals surface area (Å²) >= 11 is 1.54. The van der Waals surface area contributed by atoms with Crippen molar-refractivity contribution >= 4 is 31.4 Å². The van der Waals surface area contributed by atoms with Gasteiger partial charge in [-0.1, -0.05) is 32.0 Å². The number of hydrogen-bond donors (Lipinski definition) is 1. The zero-order valence-corrected chi connectivity index (χ0v) is 14.5. The van der Waals surface area contributed by atoms with Crippen LogP contribution < -0.4 is 5.32 Å². The van der Waals surface area contributed by atoms with Gasteiger partial charge in [-0.15, -0.1) is 11.3 Å². The van der Waals surface area contributed by atoms with E-state index in [1.54, 1.807) is 18.4 Å². The molecule has 0 saturated carbocycles. The molecule has 1 N–H and O–H groups in total. The molecule has 0 aliphatic carbocycles. The molecule has 0 aliphatic heterocycles. The van der Waals surface area contributed by atoms with E-state index in [4.69, 9.17) is 0 Å². The number of nitrogens with one attached hydrogen (secondary N) is 1. The zero-order chi connectivity index (χ0) is 15.6. The SMILES string of the molecule is CNCc1sc2ccccc2c1S(=O)(=O)N(C)CC(C)C. The van der Waals surface area contributed by atoms with Crippen molar-refractivity contribution in [1.29, 1.82) is 0 Å². The minimum absolute atomic E-state index is 0.294. The molecule has 1 heterocycles. The van der Waals surface area contributed by atoms with Crippen molar-refractivity contribution in [3.8, 4) is 0 Å². The largest absolute Gasteiger partial charge is 0.315 e. The lowest BCUT2D eigenvalue weighted by atomic mass is 10.2. The van der Waals surface area contributed by atoms with Crippen LogP contribution in [0.5, 0.6) is 0 Å². The lowest BCUT2D eigenvalue weighted by Crippen LogP contribution is -2.31. The highest BCUT2D eigenvalue weighted by atomic mass is 32.2. The molecule has 0 bridgehead atoms. The molecule has 0 aliphatic rings. The van der Waals surface area contributed by atoms with Gasteiger partial charge in [0.05, 0.1) is 0 Å². The minimum atomic E-state index is -3.47. The molecule has 6 heteroatoms. The Balaban J connectivity index is 2.60. The topological polar surface area (TPSA) is 49.4 Å². The fourth-order valence-corrected chi connectivity index (χ4v) is 5.64. The van der Waals surface area contributed by atoms with Crippen LogP contribution in [0, 0.1) is 5.92 Å². The standard InChI is InChI=1S/C15H22N2O2S2/c1-11(2)10-17(4)21(18,19)15-12-7-5-6-8-13(12)20-14(15)9-16-3/h5-8,11,16H,9-10H2,1-4H3. The van der Waals surface area contributed by atoms with E-state index in [2.05, 4.69) is 5.32 Å². The van der Waals surface area contributed by atoms with Crippen molar-refractivity contribution in [1.82, 2.24) is 9.62 Å². The minimum Gasteiger partial charge on any atom is -0.315 e. The molecular weight excluding hydrogens is 304 g/mol. The van der Waals surface area contributed by atoms with Crippen LogP contribution in [-0.2, 0) is 16.6 Å². The molecule has 4 nitrogen and oxygen atoms in total. The van der Waals surface area contributed by atoms with Gasteiger partial charge in [-0.2, -0.15) is 0 Å². The summed E-state index contributed by atoms with van der Waals surface area (Å²) < 4.78 is 28.4. The maximum absolute atomic E-state index is 12.9. The highest BCUT2D eigenvalue weighted by molar-refractivity contribution is 7.89. The molecule has 2 aromatic rings. The first-order valence-corrected chi connectivity index (χ1v) is 9.25. The number of nitrogens with zero attached hydrogens (tertiary/aromatic N) is 1. The second-order valence-corrected chi connectivity index (χ2v) is 8.68. The third kappa shape index (κ3) is 3.29. The molecule has 21 heavy (non-hydrogen) atoms. The van der Waals surface area contributed by atoms with Crippen molar-refractivity contribution in [2.45, 2.75) is 25.3 Å². The summed E-state index contributed by atoms with van der Waals surface area (Å²) in [6.45, 7) is 5.12. The van der Waals surface area contributed by atoms with Crippen LogP contribution in [0.2, 0.25) is 0 Å². The van der Waals surface area contributed by atoms with Crippen LogP contribution >= 0.6 is 11.3 Å². The van der Waals surface area contributed by atoms with Gasteiger partial charge in [0.25, 0.3) is 0 Å². The zero-order valence-electron chi connectivity index (χ0n) is 12.9. The van der Waals surface area contributed by atoms with Gasteiger partial charge in [0.1, 0.15) is 4.90 Å². The van der Waals surface area contributed by atoms with Crippen molar-refractivity contribution in [2.75, 3.05) is 20.6 Å². The van der Waals surface area contributed by atoms with Crippen LogP contribution in [0.4, 0.5) is 0 Å². The first-order chi connectivity index (χ1) is 9.87. The summed E-state index contributed by atoms with van der Waals surface area (Å²) in [4.78, 5) is 1.33. The average Bonchev–Trinajstić information content (AvgIpc) is 2.76. The van der Waals surface area contributed by atoms with Crippen LogP contribution in [-0.4, -0.2) is 33.4 Å². The molecule has 1 aromatic carbocycles. The van der Waals surface area contributed by atoms with Crippen molar-refractivity contribution in [2.24, 2.45) is 5.92 Å². The highest BCUT2D eigenvalue weighted by Crippen LogP contribution is 2.36. The van der Waals surface area contributed by atoms with Gasteiger partial charge in [0, 0.05) is 35.1 Å². The molecule has 1 aromatic heterocycles. The Morgan fingerprint density at radius 3 is 2.57 bits per heavy atom. The first-order valence-electron chi connectivity index (χ1n) is 6.99. The van der Waals surface area contributed by atoms with E-state index in [1.165, 1.54) is 4.31 Å². The summed E-state index contributed by atoms with van der Waals surface area (Å²) in [5.41, 5.74) is 0. The van der Waals surface area contributed by atoms with Gasteiger partial charge in [-0.3, -0.25) is 0 Å². The quantitative estimate of drug-likeness (QED) is 0.888. The van der Waals surface area contributed by atoms with Gasteiger partial charge in [-0.05, 0) is 19.0 Å². The number of rotatable bonds is 6. The van der Waals surface area contributed by atoms with E-state index < -0.39 is 10.0 Å². The lowest BCUT2D eigenvalue weighted by molar-refractivity contribution is 0.417. The molecule has 0 amide bonds. The summed E-state index contributed by atoms with van der Waals surface area (Å²) in [5, 5.41) is 3.89. The maximum Gasteiger partial charge on any atom is 0.244 e.